The van der Waals surface area contributed by atoms with E-state index >= 15 is 0 Å². The summed E-state index contributed by atoms with van der Waals surface area (Å²) < 4.78 is 5.78. The molecule has 1 atom stereocenters. The van der Waals surface area contributed by atoms with E-state index in [9.17, 15) is 10.1 Å². The average Bonchev–Trinajstić information content (AvgIpc) is 2.90. The maximum Gasteiger partial charge on any atom is 0.329 e. The molecular weight excluding hydrogens is 438 g/mol. The van der Waals surface area contributed by atoms with Crippen LogP contribution < -0.4 is 4.90 Å². The number of piperazine rings is 1. The van der Waals surface area contributed by atoms with Crippen LogP contribution in [0, 0.1) is 11.3 Å². The van der Waals surface area contributed by atoms with Gasteiger partial charge in [0.15, 0.2) is 11.7 Å². The van der Waals surface area contributed by atoms with Crippen molar-refractivity contribution in [3.8, 4) is 6.07 Å². The van der Waals surface area contributed by atoms with Gasteiger partial charge in [0.25, 0.3) is 0 Å². The summed E-state index contributed by atoms with van der Waals surface area (Å²) in [7, 11) is 0. The SMILES string of the molecule is N#CC(C(=O)OC1CCCCC1)c1nc2ccccc2nc1N1CCN(Cc2ccccc2)CC1. The average molecular weight is 470 g/mol. The molecule has 1 saturated heterocycles. The number of benzene rings is 2. The largest absolute Gasteiger partial charge is 0.461 e. The number of nitriles is 1. The number of esters is 1. The van der Waals surface area contributed by atoms with E-state index in [4.69, 9.17) is 14.7 Å². The molecule has 0 N–H and O–H groups in total. The van der Waals surface area contributed by atoms with Gasteiger partial charge in [-0.15, -0.1) is 0 Å². The highest BCUT2D eigenvalue weighted by atomic mass is 16.5. The quantitative estimate of drug-likeness (QED) is 0.494. The third-order valence-corrected chi connectivity index (χ3v) is 6.97. The molecule has 7 heteroatoms. The van der Waals surface area contributed by atoms with E-state index in [1.807, 2.05) is 30.3 Å². The topological polar surface area (TPSA) is 82.3 Å². The van der Waals surface area contributed by atoms with Crippen LogP contribution in [0.25, 0.3) is 11.0 Å². The third-order valence-electron chi connectivity index (χ3n) is 6.97. The summed E-state index contributed by atoms with van der Waals surface area (Å²) in [5.74, 6) is -0.977. The zero-order chi connectivity index (χ0) is 24.0. The molecule has 1 unspecified atom stereocenters. The lowest BCUT2D eigenvalue weighted by Gasteiger charge is -2.36. The highest BCUT2D eigenvalue weighted by Crippen LogP contribution is 2.30. The van der Waals surface area contributed by atoms with Crippen molar-refractivity contribution in [2.75, 3.05) is 31.1 Å². The summed E-state index contributed by atoms with van der Waals surface area (Å²) in [6, 6.07) is 20.3. The van der Waals surface area contributed by atoms with Crippen LogP contribution in [0.15, 0.2) is 54.6 Å². The third kappa shape index (κ3) is 5.44. The molecule has 2 aromatic carbocycles. The zero-order valence-corrected chi connectivity index (χ0v) is 20.0. The number of para-hydroxylation sites is 2. The lowest BCUT2D eigenvalue weighted by molar-refractivity contribution is -0.150. The highest BCUT2D eigenvalue weighted by Gasteiger charge is 2.33. The molecule has 3 aromatic rings. The molecule has 1 aromatic heterocycles. The number of anilines is 1. The Bertz CT molecular complexity index is 1190. The number of carbonyl (C=O) groups excluding carboxylic acids is 1. The molecule has 5 rings (SSSR count). The summed E-state index contributed by atoms with van der Waals surface area (Å²) in [6.45, 7) is 4.14. The fourth-order valence-electron chi connectivity index (χ4n) is 5.03. The van der Waals surface area contributed by atoms with E-state index in [1.54, 1.807) is 0 Å². The van der Waals surface area contributed by atoms with E-state index in [-0.39, 0.29) is 6.10 Å². The first-order valence-corrected chi connectivity index (χ1v) is 12.6. The van der Waals surface area contributed by atoms with Gasteiger partial charge in [-0.05, 0) is 43.4 Å². The molecule has 7 nitrogen and oxygen atoms in total. The molecule has 2 fully saturated rings. The molecule has 0 bridgehead atoms. The first-order chi connectivity index (χ1) is 17.2. The number of hydrogen-bond acceptors (Lipinski definition) is 7. The van der Waals surface area contributed by atoms with Gasteiger partial charge >= 0.3 is 5.97 Å². The van der Waals surface area contributed by atoms with Crippen molar-refractivity contribution >= 4 is 22.8 Å². The van der Waals surface area contributed by atoms with Crippen molar-refractivity contribution in [1.29, 1.82) is 5.26 Å². The summed E-state index contributed by atoms with van der Waals surface area (Å²) >= 11 is 0. The minimum absolute atomic E-state index is 0.106. The van der Waals surface area contributed by atoms with E-state index < -0.39 is 11.9 Å². The van der Waals surface area contributed by atoms with Crippen LogP contribution in [0.3, 0.4) is 0 Å². The Hall–Kier alpha value is -3.50. The van der Waals surface area contributed by atoms with Gasteiger partial charge in [-0.25, -0.2) is 9.97 Å². The standard InChI is InChI=1S/C28H31N5O2/c29-19-23(28(34)35-22-11-5-2-6-12-22)26-27(31-25-14-8-7-13-24(25)30-26)33-17-15-32(16-18-33)20-21-9-3-1-4-10-21/h1,3-4,7-10,13-14,22-23H,2,5-6,11-12,15-18,20H2. The number of rotatable bonds is 6. The summed E-state index contributed by atoms with van der Waals surface area (Å²) in [5, 5.41) is 10.0. The van der Waals surface area contributed by atoms with Crippen molar-refractivity contribution in [1.82, 2.24) is 14.9 Å². The summed E-state index contributed by atoms with van der Waals surface area (Å²) in [4.78, 5) is 27.4. The zero-order valence-electron chi connectivity index (χ0n) is 20.0. The predicted molar refractivity (Wildman–Crippen MR) is 135 cm³/mol. The number of nitrogens with zero attached hydrogens (tertiary/aromatic N) is 5. The molecule has 0 spiro atoms. The van der Waals surface area contributed by atoms with Gasteiger partial charge in [0.2, 0.25) is 0 Å². The van der Waals surface area contributed by atoms with Crippen LogP contribution in [-0.2, 0) is 16.1 Å². The Kier molecular flexibility index (Phi) is 7.20. The molecule has 0 radical (unpaired) electrons. The first kappa shape index (κ1) is 23.3. The molecule has 2 heterocycles. The molecule has 2 aliphatic rings. The van der Waals surface area contributed by atoms with Crippen LogP contribution in [0.5, 0.6) is 0 Å². The summed E-state index contributed by atoms with van der Waals surface area (Å²) in [6.07, 6.45) is 4.91. The van der Waals surface area contributed by atoms with Crippen LogP contribution >= 0.6 is 0 Å². The Morgan fingerprint density at radius 3 is 2.29 bits per heavy atom. The molecule has 1 aliphatic carbocycles. The van der Waals surface area contributed by atoms with Gasteiger partial charge in [0, 0.05) is 32.7 Å². The van der Waals surface area contributed by atoms with E-state index in [1.165, 1.54) is 12.0 Å². The van der Waals surface area contributed by atoms with Gasteiger partial charge < -0.3 is 9.64 Å². The molecular formula is C28H31N5O2. The van der Waals surface area contributed by atoms with Crippen molar-refractivity contribution in [3.63, 3.8) is 0 Å². The Morgan fingerprint density at radius 1 is 0.943 bits per heavy atom. The van der Waals surface area contributed by atoms with Gasteiger partial charge in [-0.3, -0.25) is 9.69 Å². The van der Waals surface area contributed by atoms with Gasteiger partial charge in [0.1, 0.15) is 11.8 Å². The number of fused-ring (bicyclic) bond motifs is 1. The van der Waals surface area contributed by atoms with Crippen LogP contribution in [0.1, 0.15) is 49.3 Å². The normalized spacial score (nSPS) is 18.2. The van der Waals surface area contributed by atoms with Crippen molar-refractivity contribution in [2.24, 2.45) is 0 Å². The van der Waals surface area contributed by atoms with Gasteiger partial charge in [-0.1, -0.05) is 48.9 Å². The number of hydrogen-bond donors (Lipinski definition) is 0. The maximum absolute atomic E-state index is 13.1. The van der Waals surface area contributed by atoms with Crippen LogP contribution in [0.2, 0.25) is 0 Å². The molecule has 0 amide bonds. The fraction of sp³-hybridized carbons (Fsp3) is 0.429. The predicted octanol–water partition coefficient (Wildman–Crippen LogP) is 4.44. The second-order valence-electron chi connectivity index (χ2n) is 9.43. The lowest BCUT2D eigenvalue weighted by Crippen LogP contribution is -2.46. The van der Waals surface area contributed by atoms with Crippen molar-refractivity contribution in [3.05, 3.63) is 65.9 Å². The Morgan fingerprint density at radius 2 is 1.60 bits per heavy atom. The maximum atomic E-state index is 13.1. The van der Waals surface area contributed by atoms with E-state index in [0.29, 0.717) is 17.0 Å². The molecule has 1 saturated carbocycles. The smallest absolute Gasteiger partial charge is 0.329 e. The highest BCUT2D eigenvalue weighted by molar-refractivity contribution is 5.85. The second kappa shape index (κ2) is 10.8. The van der Waals surface area contributed by atoms with Crippen LogP contribution in [0.4, 0.5) is 5.82 Å². The summed E-state index contributed by atoms with van der Waals surface area (Å²) in [5.41, 5.74) is 3.14. The van der Waals surface area contributed by atoms with Gasteiger partial charge in [-0.2, -0.15) is 5.26 Å². The minimum Gasteiger partial charge on any atom is -0.461 e. The Balaban J connectivity index is 1.38. The fourth-order valence-corrected chi connectivity index (χ4v) is 5.03. The monoisotopic (exact) mass is 469 g/mol. The number of ether oxygens (including phenoxy) is 1. The Labute approximate surface area is 206 Å². The van der Waals surface area contributed by atoms with Crippen molar-refractivity contribution in [2.45, 2.75) is 50.7 Å². The number of carbonyl (C=O) groups is 1. The lowest BCUT2D eigenvalue weighted by atomic mass is 9.97. The van der Waals surface area contributed by atoms with Crippen LogP contribution in [-0.4, -0.2) is 53.1 Å². The minimum atomic E-state index is -1.09. The van der Waals surface area contributed by atoms with Crippen molar-refractivity contribution < 1.29 is 9.53 Å². The van der Waals surface area contributed by atoms with E-state index in [0.717, 1.165) is 63.9 Å². The van der Waals surface area contributed by atoms with Gasteiger partial charge in [0.05, 0.1) is 17.1 Å². The second-order valence-corrected chi connectivity index (χ2v) is 9.43. The number of aromatic nitrogens is 2. The van der Waals surface area contributed by atoms with E-state index in [2.05, 4.69) is 40.1 Å². The first-order valence-electron chi connectivity index (χ1n) is 12.6. The molecule has 1 aliphatic heterocycles. The molecule has 35 heavy (non-hydrogen) atoms. The molecule has 180 valence electrons.